The first kappa shape index (κ1) is 28.7. The fourth-order valence-electron chi connectivity index (χ4n) is 2.39. The van der Waals surface area contributed by atoms with Gasteiger partial charge in [0.15, 0.2) is 0 Å². The molecule has 0 aromatic heterocycles. The summed E-state index contributed by atoms with van der Waals surface area (Å²) in [4.78, 5) is 70.0. The third-order valence-electron chi connectivity index (χ3n) is 4.41. The first-order chi connectivity index (χ1) is 14.8. The molecule has 32 heavy (non-hydrogen) atoms. The summed E-state index contributed by atoms with van der Waals surface area (Å²) in [6.45, 7) is 2.43. The molecule has 182 valence electrons. The summed E-state index contributed by atoms with van der Waals surface area (Å²) < 4.78 is 0. The molecule has 10 N–H and O–H groups in total. The van der Waals surface area contributed by atoms with Crippen LogP contribution in [-0.2, 0) is 28.8 Å². The minimum absolute atomic E-state index is 0.214. The first-order valence-electron chi connectivity index (χ1n) is 9.80. The molecule has 14 nitrogen and oxygen atoms in total. The number of nitrogens with two attached hydrogens (primary N) is 2. The third-order valence-corrected chi connectivity index (χ3v) is 4.41. The van der Waals surface area contributed by atoms with E-state index in [1.54, 1.807) is 13.8 Å². The summed E-state index contributed by atoms with van der Waals surface area (Å²) in [6.07, 6.45) is -1.45. The van der Waals surface area contributed by atoms with Crippen LogP contribution in [0.4, 0.5) is 0 Å². The van der Waals surface area contributed by atoms with Crippen LogP contribution in [0.25, 0.3) is 0 Å². The molecule has 14 heteroatoms. The van der Waals surface area contributed by atoms with Gasteiger partial charge in [0.1, 0.15) is 18.1 Å². The number of hydrogen-bond donors (Lipinski definition) is 8. The SMILES string of the molecule is CC(C)C(N)C(=O)NC(CCC(N)=O)C(=O)NC(CO)C(=O)NC(CCC(=O)O)C(=O)O. The highest BCUT2D eigenvalue weighted by Crippen LogP contribution is 2.04. The van der Waals surface area contributed by atoms with E-state index < -0.39 is 79.2 Å². The van der Waals surface area contributed by atoms with Gasteiger partial charge >= 0.3 is 11.9 Å². The number of hydrogen-bond acceptors (Lipinski definition) is 8. The second kappa shape index (κ2) is 13.9. The van der Waals surface area contributed by atoms with Crippen LogP contribution in [-0.4, -0.2) is 81.7 Å². The Bertz CT molecular complexity index is 713. The van der Waals surface area contributed by atoms with E-state index in [1.807, 2.05) is 5.32 Å². The van der Waals surface area contributed by atoms with Crippen molar-refractivity contribution in [2.75, 3.05) is 6.61 Å². The molecule has 0 aliphatic carbocycles. The molecule has 0 saturated heterocycles. The molecule has 4 atom stereocenters. The van der Waals surface area contributed by atoms with Crippen molar-refractivity contribution in [3.8, 4) is 0 Å². The zero-order valence-electron chi connectivity index (χ0n) is 17.9. The van der Waals surface area contributed by atoms with Crippen molar-refractivity contribution in [3.63, 3.8) is 0 Å². The molecule has 0 bridgehead atoms. The van der Waals surface area contributed by atoms with Crippen molar-refractivity contribution in [1.82, 2.24) is 16.0 Å². The highest BCUT2D eigenvalue weighted by molar-refractivity contribution is 5.94. The van der Waals surface area contributed by atoms with Gasteiger partial charge in [0, 0.05) is 12.8 Å². The van der Waals surface area contributed by atoms with E-state index in [0.29, 0.717) is 0 Å². The summed E-state index contributed by atoms with van der Waals surface area (Å²) in [6, 6.07) is -5.45. The normalized spacial score (nSPS) is 14.5. The van der Waals surface area contributed by atoms with Gasteiger partial charge in [-0.15, -0.1) is 0 Å². The van der Waals surface area contributed by atoms with Gasteiger partial charge in [0.25, 0.3) is 0 Å². The maximum absolute atomic E-state index is 12.6. The summed E-state index contributed by atoms with van der Waals surface area (Å²) >= 11 is 0. The Hall–Kier alpha value is -3.26. The zero-order chi connectivity index (χ0) is 25.0. The number of amides is 4. The molecule has 0 aliphatic heterocycles. The minimum Gasteiger partial charge on any atom is -0.481 e. The van der Waals surface area contributed by atoms with Crippen LogP contribution >= 0.6 is 0 Å². The van der Waals surface area contributed by atoms with Crippen LogP contribution in [0.15, 0.2) is 0 Å². The summed E-state index contributed by atoms with van der Waals surface area (Å²) in [5, 5.41) is 33.8. The lowest BCUT2D eigenvalue weighted by molar-refractivity contribution is -0.143. The number of rotatable bonds is 15. The third kappa shape index (κ3) is 10.7. The Morgan fingerprint density at radius 1 is 0.781 bits per heavy atom. The predicted molar refractivity (Wildman–Crippen MR) is 109 cm³/mol. The summed E-state index contributed by atoms with van der Waals surface area (Å²) in [5.74, 6) is -6.50. The average Bonchev–Trinajstić information content (AvgIpc) is 2.70. The molecule has 0 aliphatic rings. The van der Waals surface area contributed by atoms with Crippen molar-refractivity contribution in [3.05, 3.63) is 0 Å². The van der Waals surface area contributed by atoms with Crippen molar-refractivity contribution in [2.45, 2.75) is 63.7 Å². The largest absolute Gasteiger partial charge is 0.481 e. The van der Waals surface area contributed by atoms with Crippen LogP contribution in [0.5, 0.6) is 0 Å². The van der Waals surface area contributed by atoms with Gasteiger partial charge in [-0.05, 0) is 18.8 Å². The lowest BCUT2D eigenvalue weighted by Gasteiger charge is -2.24. The molecule has 0 fully saturated rings. The van der Waals surface area contributed by atoms with Gasteiger partial charge in [-0.25, -0.2) is 4.79 Å². The topological polar surface area (TPSA) is 251 Å². The van der Waals surface area contributed by atoms with Gasteiger partial charge < -0.3 is 42.7 Å². The average molecular weight is 461 g/mol. The van der Waals surface area contributed by atoms with E-state index >= 15 is 0 Å². The van der Waals surface area contributed by atoms with E-state index in [-0.39, 0.29) is 18.8 Å². The highest BCUT2D eigenvalue weighted by atomic mass is 16.4. The number of carboxylic acid groups (broad SMARTS) is 2. The molecule has 4 amide bonds. The van der Waals surface area contributed by atoms with E-state index in [0.717, 1.165) is 0 Å². The number of aliphatic carboxylic acids is 2. The van der Waals surface area contributed by atoms with Gasteiger partial charge in [-0.2, -0.15) is 0 Å². The highest BCUT2D eigenvalue weighted by Gasteiger charge is 2.30. The van der Waals surface area contributed by atoms with E-state index in [4.69, 9.17) is 21.7 Å². The summed E-state index contributed by atoms with van der Waals surface area (Å²) in [7, 11) is 0. The number of primary amides is 1. The van der Waals surface area contributed by atoms with Gasteiger partial charge in [0.2, 0.25) is 23.6 Å². The number of carbonyl (C=O) groups excluding carboxylic acids is 4. The van der Waals surface area contributed by atoms with Crippen molar-refractivity contribution >= 4 is 35.6 Å². The van der Waals surface area contributed by atoms with E-state index in [2.05, 4.69) is 10.6 Å². The Labute approximate surface area is 184 Å². The minimum atomic E-state index is -1.61. The van der Waals surface area contributed by atoms with Gasteiger partial charge in [-0.1, -0.05) is 13.8 Å². The molecule has 0 radical (unpaired) electrons. The maximum Gasteiger partial charge on any atom is 0.326 e. The molecular weight excluding hydrogens is 430 g/mol. The first-order valence-corrected chi connectivity index (χ1v) is 9.80. The van der Waals surface area contributed by atoms with Crippen LogP contribution in [0.1, 0.15) is 39.5 Å². The maximum atomic E-state index is 12.6. The van der Waals surface area contributed by atoms with E-state index in [1.165, 1.54) is 0 Å². The van der Waals surface area contributed by atoms with E-state index in [9.17, 15) is 33.9 Å². The number of aliphatic hydroxyl groups excluding tert-OH is 1. The smallest absolute Gasteiger partial charge is 0.326 e. The van der Waals surface area contributed by atoms with Crippen LogP contribution < -0.4 is 27.4 Å². The zero-order valence-corrected chi connectivity index (χ0v) is 17.9. The molecular formula is C18H31N5O9. The Balaban J connectivity index is 5.30. The fourth-order valence-corrected chi connectivity index (χ4v) is 2.39. The molecule has 0 saturated carbocycles. The number of aliphatic hydroxyl groups is 1. The predicted octanol–water partition coefficient (Wildman–Crippen LogP) is -3.37. The van der Waals surface area contributed by atoms with Crippen LogP contribution in [0.2, 0.25) is 0 Å². The quantitative estimate of drug-likeness (QED) is 0.120. The molecule has 0 spiro atoms. The Kier molecular flexibility index (Phi) is 12.5. The number of nitrogens with one attached hydrogen (secondary N) is 3. The van der Waals surface area contributed by atoms with Gasteiger partial charge in [0.05, 0.1) is 12.6 Å². The Morgan fingerprint density at radius 3 is 1.69 bits per heavy atom. The monoisotopic (exact) mass is 461 g/mol. The lowest BCUT2D eigenvalue weighted by atomic mass is 10.0. The van der Waals surface area contributed by atoms with Crippen LogP contribution in [0, 0.1) is 5.92 Å². The number of carboxylic acids is 2. The van der Waals surface area contributed by atoms with Crippen molar-refractivity contribution < 1.29 is 44.1 Å². The Morgan fingerprint density at radius 2 is 1.25 bits per heavy atom. The second-order valence-electron chi connectivity index (χ2n) is 7.41. The summed E-state index contributed by atoms with van der Waals surface area (Å²) in [5.41, 5.74) is 10.8. The molecule has 0 rings (SSSR count). The molecule has 4 unspecified atom stereocenters. The van der Waals surface area contributed by atoms with Crippen LogP contribution in [0.3, 0.4) is 0 Å². The van der Waals surface area contributed by atoms with Crippen molar-refractivity contribution in [1.29, 1.82) is 0 Å². The molecule has 0 heterocycles. The molecule has 0 aromatic rings. The van der Waals surface area contributed by atoms with Gasteiger partial charge in [-0.3, -0.25) is 24.0 Å². The number of carbonyl (C=O) groups is 6. The fraction of sp³-hybridized carbons (Fsp3) is 0.667. The van der Waals surface area contributed by atoms with Crippen molar-refractivity contribution in [2.24, 2.45) is 17.4 Å². The molecule has 0 aromatic carbocycles. The standard InChI is InChI=1S/C18H31N5O9/c1-8(2)14(20)17(30)21-9(3-5-12(19)25)15(28)23-11(7-24)16(29)22-10(18(31)32)4-6-13(26)27/h8-11,14,24H,3-7,20H2,1-2H3,(H2,19,25)(H,21,30)(H,22,29)(H,23,28)(H,26,27)(H,31,32). The second-order valence-corrected chi connectivity index (χ2v) is 7.41. The lowest BCUT2D eigenvalue weighted by Crippen LogP contribution is -2.58.